The quantitative estimate of drug-likeness (QED) is 0.920. The molecule has 5 heteroatoms. The van der Waals surface area contributed by atoms with E-state index in [1.165, 1.54) is 12.8 Å². The van der Waals surface area contributed by atoms with Gasteiger partial charge in [0.1, 0.15) is 6.07 Å². The van der Waals surface area contributed by atoms with E-state index in [2.05, 4.69) is 21.2 Å². The summed E-state index contributed by atoms with van der Waals surface area (Å²) in [5, 5.41) is 12.4. The van der Waals surface area contributed by atoms with Gasteiger partial charge in [-0.25, -0.2) is 0 Å². The van der Waals surface area contributed by atoms with Crippen molar-refractivity contribution in [2.45, 2.75) is 31.7 Å². The predicted molar refractivity (Wildman–Crippen MR) is 90.2 cm³/mol. The van der Waals surface area contributed by atoms with Crippen molar-refractivity contribution in [2.24, 2.45) is 0 Å². The third kappa shape index (κ3) is 4.02. The zero-order valence-electron chi connectivity index (χ0n) is 13.5. The van der Waals surface area contributed by atoms with Crippen LogP contribution in [0.25, 0.3) is 0 Å². The molecule has 1 saturated heterocycles. The number of hydrogen-bond acceptors (Lipinski definition) is 4. The van der Waals surface area contributed by atoms with Gasteiger partial charge in [-0.15, -0.1) is 0 Å². The molecule has 2 aliphatic rings. The second kappa shape index (κ2) is 7.47. The second-order valence-electron chi connectivity index (χ2n) is 6.44. The molecule has 1 N–H and O–H groups in total. The Balaban J connectivity index is 1.48. The normalized spacial score (nSPS) is 19.5. The van der Waals surface area contributed by atoms with Crippen molar-refractivity contribution in [1.29, 1.82) is 5.26 Å². The first-order valence-electron chi connectivity index (χ1n) is 8.52. The molecular formula is C18H24N4O. The van der Waals surface area contributed by atoms with Crippen LogP contribution in [0, 0.1) is 11.3 Å². The lowest BCUT2D eigenvalue weighted by atomic mass is 10.1. The molecule has 0 unspecified atom stereocenters. The smallest absolute Gasteiger partial charge is 0.234 e. The lowest BCUT2D eigenvalue weighted by Gasteiger charge is -2.36. The summed E-state index contributed by atoms with van der Waals surface area (Å²) < 4.78 is 0. The van der Waals surface area contributed by atoms with E-state index in [9.17, 15) is 10.1 Å². The Morgan fingerprint density at radius 2 is 1.87 bits per heavy atom. The Hall–Kier alpha value is -2.06. The molecule has 1 aromatic carbocycles. The SMILES string of the molecule is N#Cc1ccccc1N1CCN(CC(=O)NC2CCCC2)CC1. The van der Waals surface area contributed by atoms with E-state index >= 15 is 0 Å². The van der Waals surface area contributed by atoms with E-state index in [1.54, 1.807) is 0 Å². The molecule has 0 atom stereocenters. The Morgan fingerprint density at radius 1 is 1.17 bits per heavy atom. The number of carbonyl (C=O) groups excluding carboxylic acids is 1. The van der Waals surface area contributed by atoms with E-state index in [-0.39, 0.29) is 5.91 Å². The van der Waals surface area contributed by atoms with Crippen molar-refractivity contribution in [3.8, 4) is 6.07 Å². The monoisotopic (exact) mass is 312 g/mol. The van der Waals surface area contributed by atoms with Crippen LogP contribution in [0.5, 0.6) is 0 Å². The van der Waals surface area contributed by atoms with Crippen LogP contribution in [0.4, 0.5) is 5.69 Å². The van der Waals surface area contributed by atoms with Gasteiger partial charge < -0.3 is 10.2 Å². The largest absolute Gasteiger partial charge is 0.368 e. The summed E-state index contributed by atoms with van der Waals surface area (Å²) in [5.41, 5.74) is 1.73. The minimum atomic E-state index is 0.155. The van der Waals surface area contributed by atoms with Crippen LogP contribution in [-0.4, -0.2) is 49.6 Å². The Labute approximate surface area is 137 Å². The first kappa shape index (κ1) is 15.8. The maximum atomic E-state index is 12.1. The van der Waals surface area contributed by atoms with Gasteiger partial charge in [0.25, 0.3) is 0 Å². The summed E-state index contributed by atoms with van der Waals surface area (Å²) >= 11 is 0. The van der Waals surface area contributed by atoms with Gasteiger partial charge in [-0.1, -0.05) is 25.0 Å². The molecule has 0 aromatic heterocycles. The van der Waals surface area contributed by atoms with Crippen molar-refractivity contribution in [3.63, 3.8) is 0 Å². The maximum absolute atomic E-state index is 12.1. The summed E-state index contributed by atoms with van der Waals surface area (Å²) in [6.07, 6.45) is 4.73. The van der Waals surface area contributed by atoms with Gasteiger partial charge in [-0.05, 0) is 25.0 Å². The third-order valence-corrected chi connectivity index (χ3v) is 4.82. The van der Waals surface area contributed by atoms with Crippen LogP contribution in [0.2, 0.25) is 0 Å². The molecule has 1 amide bonds. The summed E-state index contributed by atoms with van der Waals surface area (Å²) in [5.74, 6) is 0.155. The zero-order valence-corrected chi connectivity index (χ0v) is 13.5. The first-order valence-corrected chi connectivity index (χ1v) is 8.52. The number of anilines is 1. The van der Waals surface area contributed by atoms with Gasteiger partial charge >= 0.3 is 0 Å². The molecular weight excluding hydrogens is 288 g/mol. The van der Waals surface area contributed by atoms with E-state index in [1.807, 2.05) is 24.3 Å². The summed E-state index contributed by atoms with van der Waals surface area (Å²) in [7, 11) is 0. The van der Waals surface area contributed by atoms with Crippen molar-refractivity contribution in [3.05, 3.63) is 29.8 Å². The van der Waals surface area contributed by atoms with Gasteiger partial charge in [0, 0.05) is 32.2 Å². The van der Waals surface area contributed by atoms with Gasteiger partial charge in [-0.2, -0.15) is 5.26 Å². The number of piperazine rings is 1. The fourth-order valence-corrected chi connectivity index (χ4v) is 3.54. The highest BCUT2D eigenvalue weighted by atomic mass is 16.2. The summed E-state index contributed by atoms with van der Waals surface area (Å²) in [6, 6.07) is 10.4. The molecule has 0 radical (unpaired) electrons. The Kier molecular flexibility index (Phi) is 5.14. The number of para-hydroxylation sites is 1. The van der Waals surface area contributed by atoms with Crippen molar-refractivity contribution in [2.75, 3.05) is 37.6 Å². The average molecular weight is 312 g/mol. The number of nitriles is 1. The highest BCUT2D eigenvalue weighted by molar-refractivity contribution is 5.78. The molecule has 1 aliphatic carbocycles. The number of benzene rings is 1. The highest BCUT2D eigenvalue weighted by Crippen LogP contribution is 2.21. The fraction of sp³-hybridized carbons (Fsp3) is 0.556. The van der Waals surface area contributed by atoms with Gasteiger partial charge in [0.05, 0.1) is 17.8 Å². The Morgan fingerprint density at radius 3 is 2.57 bits per heavy atom. The average Bonchev–Trinajstić information content (AvgIpc) is 3.08. The molecule has 1 saturated carbocycles. The minimum absolute atomic E-state index is 0.155. The standard InChI is InChI=1S/C18H24N4O/c19-13-15-5-1-4-8-17(15)22-11-9-21(10-12-22)14-18(23)20-16-6-2-3-7-16/h1,4-5,8,16H,2-3,6-7,9-12,14H2,(H,20,23). The van der Waals surface area contributed by atoms with Crippen LogP contribution in [-0.2, 0) is 4.79 Å². The van der Waals surface area contributed by atoms with Crippen molar-refractivity contribution in [1.82, 2.24) is 10.2 Å². The maximum Gasteiger partial charge on any atom is 0.234 e. The molecule has 3 rings (SSSR count). The minimum Gasteiger partial charge on any atom is -0.368 e. The number of rotatable bonds is 4. The number of amides is 1. The predicted octanol–water partition coefficient (Wildman–Crippen LogP) is 1.74. The molecule has 2 fully saturated rings. The molecule has 0 bridgehead atoms. The molecule has 122 valence electrons. The van der Waals surface area contributed by atoms with Crippen LogP contribution < -0.4 is 10.2 Å². The van der Waals surface area contributed by atoms with Crippen LogP contribution in [0.3, 0.4) is 0 Å². The molecule has 1 heterocycles. The molecule has 1 aliphatic heterocycles. The fourth-order valence-electron chi connectivity index (χ4n) is 3.54. The Bertz CT molecular complexity index is 581. The molecule has 0 spiro atoms. The summed E-state index contributed by atoms with van der Waals surface area (Å²) in [4.78, 5) is 16.6. The van der Waals surface area contributed by atoms with Gasteiger partial charge in [0.2, 0.25) is 5.91 Å². The van der Waals surface area contributed by atoms with Gasteiger partial charge in [-0.3, -0.25) is 9.69 Å². The number of carbonyl (C=O) groups is 1. The molecule has 23 heavy (non-hydrogen) atoms. The lowest BCUT2D eigenvalue weighted by molar-refractivity contribution is -0.123. The topological polar surface area (TPSA) is 59.4 Å². The third-order valence-electron chi connectivity index (χ3n) is 4.82. The number of nitrogens with zero attached hydrogens (tertiary/aromatic N) is 3. The van der Waals surface area contributed by atoms with E-state index in [0.717, 1.165) is 50.3 Å². The van der Waals surface area contributed by atoms with E-state index < -0.39 is 0 Å². The second-order valence-corrected chi connectivity index (χ2v) is 6.44. The molecule has 1 aromatic rings. The highest BCUT2D eigenvalue weighted by Gasteiger charge is 2.22. The first-order chi connectivity index (χ1) is 11.3. The van der Waals surface area contributed by atoms with Crippen molar-refractivity contribution >= 4 is 11.6 Å². The van der Waals surface area contributed by atoms with Crippen LogP contribution in [0.15, 0.2) is 24.3 Å². The summed E-state index contributed by atoms with van der Waals surface area (Å²) in [6.45, 7) is 3.92. The van der Waals surface area contributed by atoms with Crippen LogP contribution >= 0.6 is 0 Å². The number of nitrogens with one attached hydrogen (secondary N) is 1. The van der Waals surface area contributed by atoms with Gasteiger partial charge in [0.15, 0.2) is 0 Å². The van der Waals surface area contributed by atoms with Crippen molar-refractivity contribution < 1.29 is 4.79 Å². The number of hydrogen-bond donors (Lipinski definition) is 1. The van der Waals surface area contributed by atoms with E-state index in [0.29, 0.717) is 12.6 Å². The lowest BCUT2D eigenvalue weighted by Crippen LogP contribution is -2.50. The zero-order chi connectivity index (χ0) is 16.1. The molecule has 5 nitrogen and oxygen atoms in total. The van der Waals surface area contributed by atoms with E-state index in [4.69, 9.17) is 0 Å². The van der Waals surface area contributed by atoms with Crippen LogP contribution in [0.1, 0.15) is 31.2 Å².